The fraction of sp³-hybridized carbons (Fsp3) is 0.385. The van der Waals surface area contributed by atoms with Crippen LogP contribution in [0.5, 0.6) is 5.75 Å². The highest BCUT2D eigenvalue weighted by molar-refractivity contribution is 6.31. The van der Waals surface area contributed by atoms with E-state index in [-0.39, 0.29) is 12.3 Å². The molecule has 0 aromatic heterocycles. The van der Waals surface area contributed by atoms with Crippen LogP contribution < -0.4 is 10.1 Å². The monoisotopic (exact) mass is 285 g/mol. The third-order valence-corrected chi connectivity index (χ3v) is 2.74. The number of carbonyl (C=O) groups excluding carboxylic acids is 1. The Labute approximate surface area is 116 Å². The van der Waals surface area contributed by atoms with Crippen molar-refractivity contribution in [3.05, 3.63) is 28.8 Å². The first-order valence-electron chi connectivity index (χ1n) is 5.88. The summed E-state index contributed by atoms with van der Waals surface area (Å²) in [4.78, 5) is 22.2. The van der Waals surface area contributed by atoms with Crippen molar-refractivity contribution in [2.45, 2.75) is 19.3 Å². The van der Waals surface area contributed by atoms with Crippen molar-refractivity contribution < 1.29 is 19.4 Å². The van der Waals surface area contributed by atoms with Crippen molar-refractivity contribution in [2.24, 2.45) is 0 Å². The molecule has 0 spiro atoms. The minimum absolute atomic E-state index is 0.107. The molecule has 0 heterocycles. The molecule has 0 aliphatic carbocycles. The van der Waals surface area contributed by atoms with Gasteiger partial charge >= 0.3 is 5.97 Å². The van der Waals surface area contributed by atoms with E-state index < -0.39 is 5.97 Å². The van der Waals surface area contributed by atoms with E-state index in [1.54, 1.807) is 12.1 Å². The van der Waals surface area contributed by atoms with Crippen LogP contribution in [-0.2, 0) is 4.79 Å². The highest BCUT2D eigenvalue weighted by atomic mass is 35.5. The third-order valence-electron chi connectivity index (χ3n) is 2.51. The van der Waals surface area contributed by atoms with Gasteiger partial charge in [-0.25, -0.2) is 0 Å². The number of hydrogen-bond donors (Lipinski definition) is 2. The number of benzene rings is 1. The molecular formula is C13H16ClNO4. The van der Waals surface area contributed by atoms with Crippen LogP contribution in [-0.4, -0.2) is 30.6 Å². The number of methoxy groups -OCH3 is 1. The summed E-state index contributed by atoms with van der Waals surface area (Å²) in [5, 5.41) is 11.6. The fourth-order valence-corrected chi connectivity index (χ4v) is 1.73. The molecule has 1 amide bonds. The second kappa shape index (κ2) is 7.63. The number of halogens is 1. The molecule has 104 valence electrons. The standard InChI is InChI=1S/C13H16ClNO4/c1-19-11-6-5-9(14)8-10(11)13(18)15-7-3-2-4-12(16)17/h5-6,8H,2-4,7H2,1H3,(H,15,18)(H,16,17). The molecule has 0 saturated carbocycles. The lowest BCUT2D eigenvalue weighted by Crippen LogP contribution is -2.25. The molecule has 0 fully saturated rings. The van der Waals surface area contributed by atoms with Gasteiger partial charge < -0.3 is 15.2 Å². The van der Waals surface area contributed by atoms with Gasteiger partial charge in [0.15, 0.2) is 0 Å². The number of hydrogen-bond acceptors (Lipinski definition) is 3. The number of amides is 1. The van der Waals surface area contributed by atoms with E-state index in [1.165, 1.54) is 13.2 Å². The van der Waals surface area contributed by atoms with Crippen molar-refractivity contribution in [3.8, 4) is 5.75 Å². The van der Waals surface area contributed by atoms with Crippen LogP contribution in [0, 0.1) is 0 Å². The summed E-state index contributed by atoms with van der Waals surface area (Å²) < 4.78 is 5.08. The number of carbonyl (C=O) groups is 2. The van der Waals surface area contributed by atoms with Gasteiger partial charge in [0.2, 0.25) is 0 Å². The molecule has 5 nitrogen and oxygen atoms in total. The van der Waals surface area contributed by atoms with Crippen molar-refractivity contribution >= 4 is 23.5 Å². The molecule has 0 saturated heterocycles. The summed E-state index contributed by atoms with van der Waals surface area (Å²) in [6, 6.07) is 4.80. The van der Waals surface area contributed by atoms with E-state index in [4.69, 9.17) is 21.4 Å². The summed E-state index contributed by atoms with van der Waals surface area (Å²) in [6.45, 7) is 0.418. The molecule has 0 aliphatic rings. The average Bonchev–Trinajstić information content (AvgIpc) is 2.37. The second-order valence-electron chi connectivity index (χ2n) is 3.95. The van der Waals surface area contributed by atoms with Gasteiger partial charge in [0.25, 0.3) is 5.91 Å². The number of carboxylic acids is 1. The molecule has 1 rings (SSSR count). The molecule has 0 radical (unpaired) electrons. The number of aliphatic carboxylic acids is 1. The van der Waals surface area contributed by atoms with Crippen LogP contribution in [0.15, 0.2) is 18.2 Å². The maximum absolute atomic E-state index is 11.9. The van der Waals surface area contributed by atoms with Crippen LogP contribution in [0.3, 0.4) is 0 Å². The van der Waals surface area contributed by atoms with Gasteiger partial charge in [-0.05, 0) is 31.0 Å². The summed E-state index contributed by atoms with van der Waals surface area (Å²) in [5.74, 6) is -0.662. The quantitative estimate of drug-likeness (QED) is 0.754. The number of unbranched alkanes of at least 4 members (excludes halogenated alkanes) is 1. The second-order valence-corrected chi connectivity index (χ2v) is 4.39. The first-order chi connectivity index (χ1) is 9.04. The van der Waals surface area contributed by atoms with E-state index in [2.05, 4.69) is 5.32 Å². The largest absolute Gasteiger partial charge is 0.496 e. The van der Waals surface area contributed by atoms with Gasteiger partial charge in [-0.3, -0.25) is 9.59 Å². The van der Waals surface area contributed by atoms with Crippen molar-refractivity contribution in [1.29, 1.82) is 0 Å². The van der Waals surface area contributed by atoms with E-state index in [0.29, 0.717) is 35.7 Å². The predicted octanol–water partition coefficient (Wildman–Crippen LogP) is 2.33. The lowest BCUT2D eigenvalue weighted by Gasteiger charge is -2.09. The lowest BCUT2D eigenvalue weighted by molar-refractivity contribution is -0.137. The SMILES string of the molecule is COc1ccc(Cl)cc1C(=O)NCCCCC(=O)O. The highest BCUT2D eigenvalue weighted by Gasteiger charge is 2.12. The van der Waals surface area contributed by atoms with E-state index in [0.717, 1.165) is 0 Å². The smallest absolute Gasteiger partial charge is 0.303 e. The number of carboxylic acid groups (broad SMARTS) is 1. The van der Waals surface area contributed by atoms with Gasteiger partial charge in [-0.1, -0.05) is 11.6 Å². The molecular weight excluding hydrogens is 270 g/mol. The zero-order chi connectivity index (χ0) is 14.3. The first-order valence-corrected chi connectivity index (χ1v) is 6.26. The average molecular weight is 286 g/mol. The molecule has 0 unspecified atom stereocenters. The molecule has 19 heavy (non-hydrogen) atoms. The van der Waals surface area contributed by atoms with Gasteiger partial charge in [0.05, 0.1) is 12.7 Å². The molecule has 1 aromatic rings. The Morgan fingerprint density at radius 3 is 2.74 bits per heavy atom. The van der Waals surface area contributed by atoms with E-state index in [1.807, 2.05) is 0 Å². The molecule has 0 atom stereocenters. The van der Waals surface area contributed by atoms with Crippen LogP contribution in [0.4, 0.5) is 0 Å². The summed E-state index contributed by atoms with van der Waals surface area (Å²) in [7, 11) is 1.48. The topological polar surface area (TPSA) is 75.6 Å². The van der Waals surface area contributed by atoms with Crippen molar-refractivity contribution in [2.75, 3.05) is 13.7 Å². The Balaban J connectivity index is 2.49. The number of ether oxygens (including phenoxy) is 1. The minimum atomic E-state index is -0.831. The molecule has 2 N–H and O–H groups in total. The predicted molar refractivity (Wildman–Crippen MR) is 71.8 cm³/mol. The van der Waals surface area contributed by atoms with Crippen LogP contribution in [0.1, 0.15) is 29.6 Å². The highest BCUT2D eigenvalue weighted by Crippen LogP contribution is 2.22. The van der Waals surface area contributed by atoms with Crippen LogP contribution >= 0.6 is 11.6 Å². The van der Waals surface area contributed by atoms with Gasteiger partial charge in [-0.15, -0.1) is 0 Å². The van der Waals surface area contributed by atoms with Crippen LogP contribution in [0.2, 0.25) is 5.02 Å². The first kappa shape index (κ1) is 15.3. The third kappa shape index (κ3) is 5.18. The molecule has 6 heteroatoms. The normalized spacial score (nSPS) is 10.0. The zero-order valence-electron chi connectivity index (χ0n) is 10.6. The van der Waals surface area contributed by atoms with Crippen molar-refractivity contribution in [1.82, 2.24) is 5.32 Å². The lowest BCUT2D eigenvalue weighted by atomic mass is 10.2. The van der Waals surface area contributed by atoms with E-state index >= 15 is 0 Å². The molecule has 1 aromatic carbocycles. The zero-order valence-corrected chi connectivity index (χ0v) is 11.4. The number of nitrogens with one attached hydrogen (secondary N) is 1. The summed E-state index contributed by atoms with van der Waals surface area (Å²) >= 11 is 5.84. The molecule has 0 bridgehead atoms. The van der Waals surface area contributed by atoms with Gasteiger partial charge in [0.1, 0.15) is 5.75 Å². The fourth-order valence-electron chi connectivity index (χ4n) is 1.56. The van der Waals surface area contributed by atoms with Crippen LogP contribution in [0.25, 0.3) is 0 Å². The summed E-state index contributed by atoms with van der Waals surface area (Å²) in [6.07, 6.45) is 1.25. The number of rotatable bonds is 7. The van der Waals surface area contributed by atoms with E-state index in [9.17, 15) is 9.59 Å². The van der Waals surface area contributed by atoms with Crippen molar-refractivity contribution in [3.63, 3.8) is 0 Å². The molecule has 0 aliphatic heterocycles. The summed E-state index contributed by atoms with van der Waals surface area (Å²) in [5.41, 5.74) is 0.369. The van der Waals surface area contributed by atoms with Gasteiger partial charge in [-0.2, -0.15) is 0 Å². The Bertz CT molecular complexity index is 462. The van der Waals surface area contributed by atoms with Gasteiger partial charge in [0, 0.05) is 18.0 Å². The Morgan fingerprint density at radius 2 is 2.11 bits per heavy atom. The maximum atomic E-state index is 11.9. The Hall–Kier alpha value is -1.75. The minimum Gasteiger partial charge on any atom is -0.496 e. The Morgan fingerprint density at radius 1 is 1.37 bits per heavy atom. The Kier molecular flexibility index (Phi) is 6.15. The maximum Gasteiger partial charge on any atom is 0.303 e.